The molecular weight excluding hydrogens is 230 g/mol. The van der Waals surface area contributed by atoms with Gasteiger partial charge in [0.2, 0.25) is 5.91 Å². The standard InChI is InChI=1S/C14H21NO3/c1-3-5-8-17-10-12-9-11(14(15)16)6-7-13(12)18-4-2/h6-7,9H,3-5,8,10H2,1-2H3,(H2,15,16). The Balaban J connectivity index is 2.75. The van der Waals surface area contributed by atoms with Crippen molar-refractivity contribution >= 4 is 5.91 Å². The molecule has 0 aliphatic heterocycles. The Bertz CT molecular complexity index is 391. The third-order valence-corrected chi connectivity index (χ3v) is 2.54. The van der Waals surface area contributed by atoms with Gasteiger partial charge in [-0.15, -0.1) is 0 Å². The van der Waals surface area contributed by atoms with E-state index >= 15 is 0 Å². The normalized spacial score (nSPS) is 10.3. The van der Waals surface area contributed by atoms with Crippen molar-refractivity contribution < 1.29 is 14.3 Å². The highest BCUT2D eigenvalue weighted by molar-refractivity contribution is 5.93. The molecule has 0 atom stereocenters. The molecule has 1 rings (SSSR count). The fourth-order valence-corrected chi connectivity index (χ4v) is 1.57. The van der Waals surface area contributed by atoms with E-state index < -0.39 is 5.91 Å². The highest BCUT2D eigenvalue weighted by Gasteiger charge is 2.08. The molecule has 0 bridgehead atoms. The molecule has 100 valence electrons. The van der Waals surface area contributed by atoms with E-state index in [4.69, 9.17) is 15.2 Å². The lowest BCUT2D eigenvalue weighted by Gasteiger charge is -2.11. The summed E-state index contributed by atoms with van der Waals surface area (Å²) >= 11 is 0. The van der Waals surface area contributed by atoms with Gasteiger partial charge in [-0.3, -0.25) is 4.79 Å². The van der Waals surface area contributed by atoms with Crippen molar-refractivity contribution in [2.45, 2.75) is 33.3 Å². The zero-order valence-electron chi connectivity index (χ0n) is 11.1. The molecule has 0 fully saturated rings. The monoisotopic (exact) mass is 251 g/mol. The summed E-state index contributed by atoms with van der Waals surface area (Å²) < 4.78 is 11.0. The van der Waals surface area contributed by atoms with Crippen LogP contribution in [0.2, 0.25) is 0 Å². The summed E-state index contributed by atoms with van der Waals surface area (Å²) in [5.41, 5.74) is 6.61. The Labute approximate surface area is 108 Å². The maximum Gasteiger partial charge on any atom is 0.248 e. The van der Waals surface area contributed by atoms with Crippen LogP contribution in [0.3, 0.4) is 0 Å². The van der Waals surface area contributed by atoms with Gasteiger partial charge >= 0.3 is 0 Å². The van der Waals surface area contributed by atoms with E-state index in [1.165, 1.54) is 0 Å². The zero-order valence-corrected chi connectivity index (χ0v) is 11.1. The Morgan fingerprint density at radius 2 is 2.11 bits per heavy atom. The molecule has 0 radical (unpaired) electrons. The number of hydrogen-bond donors (Lipinski definition) is 1. The van der Waals surface area contributed by atoms with Crippen molar-refractivity contribution in [1.82, 2.24) is 0 Å². The van der Waals surface area contributed by atoms with Crippen LogP contribution in [-0.4, -0.2) is 19.1 Å². The Morgan fingerprint density at radius 1 is 1.33 bits per heavy atom. The molecule has 0 spiro atoms. The largest absolute Gasteiger partial charge is 0.494 e. The minimum Gasteiger partial charge on any atom is -0.494 e. The van der Waals surface area contributed by atoms with E-state index in [2.05, 4.69) is 6.92 Å². The van der Waals surface area contributed by atoms with Gasteiger partial charge in [-0.2, -0.15) is 0 Å². The molecule has 1 aromatic carbocycles. The second-order valence-electron chi connectivity index (χ2n) is 4.03. The molecule has 4 heteroatoms. The number of benzene rings is 1. The van der Waals surface area contributed by atoms with E-state index in [0.717, 1.165) is 24.2 Å². The van der Waals surface area contributed by atoms with E-state index in [1.807, 2.05) is 6.92 Å². The van der Waals surface area contributed by atoms with E-state index in [-0.39, 0.29) is 0 Å². The predicted octanol–water partition coefficient (Wildman–Crippen LogP) is 2.50. The summed E-state index contributed by atoms with van der Waals surface area (Å²) in [4.78, 5) is 11.1. The minimum atomic E-state index is -0.437. The van der Waals surface area contributed by atoms with Gasteiger partial charge in [-0.25, -0.2) is 0 Å². The van der Waals surface area contributed by atoms with Gasteiger partial charge in [0.1, 0.15) is 5.75 Å². The lowest BCUT2D eigenvalue weighted by Crippen LogP contribution is -2.12. The van der Waals surface area contributed by atoms with E-state index in [9.17, 15) is 4.79 Å². The summed E-state index contributed by atoms with van der Waals surface area (Å²) in [6.45, 7) is 5.77. The van der Waals surface area contributed by atoms with Gasteiger partial charge in [0.05, 0.1) is 13.2 Å². The first kappa shape index (κ1) is 14.5. The molecule has 0 heterocycles. The number of hydrogen-bond acceptors (Lipinski definition) is 3. The van der Waals surface area contributed by atoms with Gasteiger partial charge in [0, 0.05) is 17.7 Å². The molecule has 1 amide bonds. The molecule has 4 nitrogen and oxygen atoms in total. The van der Waals surface area contributed by atoms with Gasteiger partial charge in [-0.05, 0) is 31.5 Å². The number of primary amides is 1. The molecule has 0 aliphatic carbocycles. The quantitative estimate of drug-likeness (QED) is 0.722. The number of carbonyl (C=O) groups is 1. The lowest BCUT2D eigenvalue weighted by atomic mass is 10.1. The van der Waals surface area contributed by atoms with Gasteiger partial charge < -0.3 is 15.2 Å². The lowest BCUT2D eigenvalue weighted by molar-refractivity contribution is 0.0999. The number of rotatable bonds is 8. The van der Waals surface area contributed by atoms with Crippen LogP contribution < -0.4 is 10.5 Å². The second-order valence-corrected chi connectivity index (χ2v) is 4.03. The molecule has 0 unspecified atom stereocenters. The van der Waals surface area contributed by atoms with Crippen molar-refractivity contribution in [1.29, 1.82) is 0 Å². The zero-order chi connectivity index (χ0) is 13.4. The molecule has 1 aromatic rings. The molecule has 0 aromatic heterocycles. The van der Waals surface area contributed by atoms with Crippen LogP contribution in [0.5, 0.6) is 5.75 Å². The van der Waals surface area contributed by atoms with Gasteiger partial charge in [0.15, 0.2) is 0 Å². The number of amides is 1. The highest BCUT2D eigenvalue weighted by Crippen LogP contribution is 2.21. The maximum absolute atomic E-state index is 11.1. The molecule has 0 aliphatic rings. The van der Waals surface area contributed by atoms with Gasteiger partial charge in [-0.1, -0.05) is 13.3 Å². The van der Waals surface area contributed by atoms with Gasteiger partial charge in [0.25, 0.3) is 0 Å². The van der Waals surface area contributed by atoms with Crippen molar-refractivity contribution in [2.75, 3.05) is 13.2 Å². The average Bonchev–Trinajstić information content (AvgIpc) is 2.36. The second kappa shape index (κ2) is 7.71. The summed E-state index contributed by atoms with van der Waals surface area (Å²) in [6.07, 6.45) is 2.12. The SMILES string of the molecule is CCCCOCc1cc(C(N)=O)ccc1OCC. The highest BCUT2D eigenvalue weighted by atomic mass is 16.5. The third-order valence-electron chi connectivity index (χ3n) is 2.54. The topological polar surface area (TPSA) is 61.5 Å². The summed E-state index contributed by atoms with van der Waals surface area (Å²) in [7, 11) is 0. The summed E-state index contributed by atoms with van der Waals surface area (Å²) in [5, 5.41) is 0. The number of ether oxygens (including phenoxy) is 2. The Morgan fingerprint density at radius 3 is 2.72 bits per heavy atom. The fourth-order valence-electron chi connectivity index (χ4n) is 1.57. The molecule has 0 saturated heterocycles. The van der Waals surface area contributed by atoms with Crippen molar-refractivity contribution in [3.63, 3.8) is 0 Å². The van der Waals surface area contributed by atoms with Crippen LogP contribution in [0.4, 0.5) is 0 Å². The Kier molecular flexibility index (Phi) is 6.22. The summed E-state index contributed by atoms with van der Waals surface area (Å²) in [6, 6.07) is 5.17. The number of carbonyl (C=O) groups excluding carboxylic acids is 1. The molecule has 0 saturated carbocycles. The molecule has 2 N–H and O–H groups in total. The first-order valence-electron chi connectivity index (χ1n) is 6.32. The molecule has 18 heavy (non-hydrogen) atoms. The number of nitrogens with two attached hydrogens (primary N) is 1. The number of unbranched alkanes of at least 4 members (excludes halogenated alkanes) is 1. The average molecular weight is 251 g/mol. The fraction of sp³-hybridized carbons (Fsp3) is 0.500. The first-order chi connectivity index (χ1) is 8.69. The third kappa shape index (κ3) is 4.37. The van der Waals surface area contributed by atoms with E-state index in [1.54, 1.807) is 18.2 Å². The first-order valence-corrected chi connectivity index (χ1v) is 6.32. The predicted molar refractivity (Wildman–Crippen MR) is 70.7 cm³/mol. The van der Waals surface area contributed by atoms with Crippen molar-refractivity contribution in [3.8, 4) is 5.75 Å². The smallest absolute Gasteiger partial charge is 0.248 e. The summed E-state index contributed by atoms with van der Waals surface area (Å²) in [5.74, 6) is 0.312. The van der Waals surface area contributed by atoms with Crippen molar-refractivity contribution in [3.05, 3.63) is 29.3 Å². The van der Waals surface area contributed by atoms with Crippen LogP contribution in [0.1, 0.15) is 42.6 Å². The van der Waals surface area contributed by atoms with Crippen LogP contribution in [0, 0.1) is 0 Å². The van der Waals surface area contributed by atoms with Crippen LogP contribution in [-0.2, 0) is 11.3 Å². The van der Waals surface area contributed by atoms with Crippen LogP contribution in [0.15, 0.2) is 18.2 Å². The van der Waals surface area contributed by atoms with Crippen LogP contribution in [0.25, 0.3) is 0 Å². The Hall–Kier alpha value is -1.55. The van der Waals surface area contributed by atoms with Crippen molar-refractivity contribution in [2.24, 2.45) is 5.73 Å². The molecular formula is C14H21NO3. The van der Waals surface area contributed by atoms with E-state index in [0.29, 0.717) is 25.4 Å². The van der Waals surface area contributed by atoms with Crippen LogP contribution >= 0.6 is 0 Å². The minimum absolute atomic E-state index is 0.437. The maximum atomic E-state index is 11.1.